The molecule has 0 bridgehead atoms. The average Bonchev–Trinajstić information content (AvgIpc) is 3.56. The maximum Gasteiger partial charge on any atom is 0.130 e. The van der Waals surface area contributed by atoms with Crippen LogP contribution in [0.1, 0.15) is 53.5 Å². The van der Waals surface area contributed by atoms with Crippen LogP contribution in [0.4, 0.5) is 11.4 Å². The smallest absolute Gasteiger partial charge is 0.130 e. The van der Waals surface area contributed by atoms with Gasteiger partial charge < -0.3 is 19.0 Å². The van der Waals surface area contributed by atoms with Crippen molar-refractivity contribution in [2.24, 2.45) is 5.41 Å². The van der Waals surface area contributed by atoms with Crippen LogP contribution >= 0.6 is 0 Å². The van der Waals surface area contributed by atoms with Gasteiger partial charge in [0.2, 0.25) is 0 Å². The minimum absolute atomic E-state index is 0.0736. The first-order valence-electron chi connectivity index (χ1n) is 13.1. The molecule has 1 aliphatic carbocycles. The number of rotatable bonds is 5. The Morgan fingerprint density at radius 1 is 0.889 bits per heavy atom. The predicted octanol–water partition coefficient (Wildman–Crippen LogP) is 7.11. The molecule has 1 aromatic heterocycles. The Hall–Kier alpha value is -3.50. The molecule has 36 heavy (non-hydrogen) atoms. The number of piperidine rings is 1. The molecule has 1 spiro atoms. The van der Waals surface area contributed by atoms with Gasteiger partial charge in [0, 0.05) is 37.0 Å². The van der Waals surface area contributed by atoms with E-state index in [-0.39, 0.29) is 11.5 Å². The standard InChI is InChI=1S/C32H32N2O2/c1-35-21-26-19-27-28-17-18-33(24-13-7-3-8-14-24)22-32(28)20-29(23-11-5-2-6-12-23)34(31(32)30(27)36-26)25-15-9-4-10-16-25/h2-16,19,28-29,31H,17-18,20-22H2,1H3/t28-,29+,31-,32-/m1/s1. The second-order valence-electron chi connectivity index (χ2n) is 10.6. The first-order valence-corrected chi connectivity index (χ1v) is 13.1. The summed E-state index contributed by atoms with van der Waals surface area (Å²) in [4.78, 5) is 5.28. The Labute approximate surface area is 213 Å². The molecule has 3 aliphatic rings. The molecule has 4 atom stereocenters. The van der Waals surface area contributed by atoms with Crippen molar-refractivity contribution in [3.8, 4) is 0 Å². The van der Waals surface area contributed by atoms with Crippen molar-refractivity contribution in [2.75, 3.05) is 30.0 Å². The average molecular weight is 477 g/mol. The summed E-state index contributed by atoms with van der Waals surface area (Å²) in [5, 5.41) is 0. The van der Waals surface area contributed by atoms with Crippen LogP contribution in [0.15, 0.2) is 101 Å². The van der Waals surface area contributed by atoms with E-state index in [1.54, 1.807) is 7.11 Å². The number of benzene rings is 3. The largest absolute Gasteiger partial charge is 0.461 e. The molecule has 2 fully saturated rings. The zero-order chi connectivity index (χ0) is 24.1. The van der Waals surface area contributed by atoms with Crippen LogP contribution in [0.3, 0.4) is 0 Å². The lowest BCUT2D eigenvalue weighted by Gasteiger charge is -2.46. The fraction of sp³-hybridized carbons (Fsp3) is 0.312. The topological polar surface area (TPSA) is 28.9 Å². The molecule has 2 saturated heterocycles. The van der Waals surface area contributed by atoms with Crippen molar-refractivity contribution in [2.45, 2.75) is 37.5 Å². The van der Waals surface area contributed by atoms with Crippen molar-refractivity contribution in [1.29, 1.82) is 0 Å². The molecule has 0 saturated carbocycles. The van der Waals surface area contributed by atoms with Gasteiger partial charge in [0.15, 0.2) is 0 Å². The van der Waals surface area contributed by atoms with Crippen LogP contribution in [-0.4, -0.2) is 20.2 Å². The van der Waals surface area contributed by atoms with Crippen molar-refractivity contribution < 1.29 is 9.15 Å². The van der Waals surface area contributed by atoms with Gasteiger partial charge in [-0.2, -0.15) is 0 Å². The number of fused-ring (bicyclic) bond motifs is 3. The van der Waals surface area contributed by atoms with E-state index in [0.717, 1.165) is 37.5 Å². The SMILES string of the molecule is COCc1cc2c(o1)[C@H]1N(c3ccccc3)[C@H](c3ccccc3)C[C@]13CN(c1ccccc1)CC[C@H]23. The molecule has 182 valence electrons. The molecule has 3 heterocycles. The minimum Gasteiger partial charge on any atom is -0.461 e. The second-order valence-corrected chi connectivity index (χ2v) is 10.6. The first kappa shape index (κ1) is 21.8. The molecule has 0 unspecified atom stereocenters. The Bertz CT molecular complexity index is 1340. The van der Waals surface area contributed by atoms with Gasteiger partial charge in [0.05, 0.1) is 12.1 Å². The van der Waals surface area contributed by atoms with E-state index >= 15 is 0 Å². The predicted molar refractivity (Wildman–Crippen MR) is 143 cm³/mol. The number of hydrogen-bond acceptors (Lipinski definition) is 4. The summed E-state index contributed by atoms with van der Waals surface area (Å²) >= 11 is 0. The third-order valence-corrected chi connectivity index (χ3v) is 8.71. The van der Waals surface area contributed by atoms with Crippen molar-refractivity contribution >= 4 is 11.4 Å². The lowest BCUT2D eigenvalue weighted by molar-refractivity contribution is 0.153. The van der Waals surface area contributed by atoms with Gasteiger partial charge in [-0.05, 0) is 60.2 Å². The Morgan fingerprint density at radius 2 is 1.56 bits per heavy atom. The third kappa shape index (κ3) is 3.24. The maximum absolute atomic E-state index is 6.66. The second kappa shape index (κ2) is 8.56. The van der Waals surface area contributed by atoms with E-state index in [0.29, 0.717) is 18.6 Å². The molecular weight excluding hydrogens is 444 g/mol. The van der Waals surface area contributed by atoms with Gasteiger partial charge in [-0.3, -0.25) is 0 Å². The fourth-order valence-corrected chi connectivity index (χ4v) is 7.40. The monoisotopic (exact) mass is 476 g/mol. The number of hydrogen-bond donors (Lipinski definition) is 0. The Balaban J connectivity index is 1.40. The lowest BCUT2D eigenvalue weighted by Crippen LogP contribution is -2.47. The number of nitrogens with zero attached hydrogens (tertiary/aromatic N) is 2. The molecule has 4 nitrogen and oxygen atoms in total. The molecule has 3 aromatic carbocycles. The number of para-hydroxylation sites is 2. The molecule has 0 amide bonds. The van der Waals surface area contributed by atoms with Gasteiger partial charge >= 0.3 is 0 Å². The maximum atomic E-state index is 6.66. The van der Waals surface area contributed by atoms with Gasteiger partial charge in [-0.1, -0.05) is 66.7 Å². The molecule has 0 radical (unpaired) electrons. The van der Waals surface area contributed by atoms with Crippen LogP contribution in [0.25, 0.3) is 0 Å². The normalized spacial score (nSPS) is 26.5. The quantitative estimate of drug-likeness (QED) is 0.307. The number of ether oxygens (including phenoxy) is 1. The molecule has 0 N–H and O–H groups in total. The van der Waals surface area contributed by atoms with E-state index in [1.165, 1.54) is 22.5 Å². The van der Waals surface area contributed by atoms with Crippen LogP contribution in [0.5, 0.6) is 0 Å². The molecule has 2 aliphatic heterocycles. The Morgan fingerprint density at radius 3 is 2.25 bits per heavy atom. The van der Waals surface area contributed by atoms with E-state index in [9.17, 15) is 0 Å². The summed E-state index contributed by atoms with van der Waals surface area (Å²) in [5.74, 6) is 2.58. The number of furan rings is 1. The summed E-state index contributed by atoms with van der Waals surface area (Å²) in [6.07, 6.45) is 2.24. The van der Waals surface area contributed by atoms with E-state index in [4.69, 9.17) is 9.15 Å². The molecular formula is C32H32N2O2. The molecule has 4 heteroatoms. The van der Waals surface area contributed by atoms with Gasteiger partial charge in [0.25, 0.3) is 0 Å². The van der Waals surface area contributed by atoms with Crippen LogP contribution in [0, 0.1) is 5.41 Å². The highest BCUT2D eigenvalue weighted by Crippen LogP contribution is 2.70. The number of anilines is 2. The zero-order valence-electron chi connectivity index (χ0n) is 20.7. The Kier molecular flexibility index (Phi) is 5.17. The molecule has 4 aromatic rings. The lowest BCUT2D eigenvalue weighted by atomic mass is 9.68. The summed E-state index contributed by atoms with van der Waals surface area (Å²) in [6, 6.07) is 35.7. The van der Waals surface area contributed by atoms with Crippen LogP contribution in [0.2, 0.25) is 0 Å². The number of methoxy groups -OCH3 is 1. The van der Waals surface area contributed by atoms with E-state index in [1.807, 2.05) is 0 Å². The van der Waals surface area contributed by atoms with Crippen molar-refractivity contribution in [3.05, 3.63) is 120 Å². The van der Waals surface area contributed by atoms with Gasteiger partial charge in [0.1, 0.15) is 18.1 Å². The zero-order valence-corrected chi connectivity index (χ0v) is 20.7. The minimum atomic E-state index is 0.0736. The summed E-state index contributed by atoms with van der Waals surface area (Å²) in [6.45, 7) is 2.61. The third-order valence-electron chi connectivity index (χ3n) is 8.71. The highest BCUT2D eigenvalue weighted by Gasteiger charge is 2.65. The summed E-state index contributed by atoms with van der Waals surface area (Å²) in [7, 11) is 1.74. The summed E-state index contributed by atoms with van der Waals surface area (Å²) < 4.78 is 12.1. The van der Waals surface area contributed by atoms with Gasteiger partial charge in [-0.25, -0.2) is 0 Å². The first-order chi connectivity index (χ1) is 17.8. The van der Waals surface area contributed by atoms with Gasteiger partial charge in [-0.15, -0.1) is 0 Å². The van der Waals surface area contributed by atoms with E-state index in [2.05, 4.69) is 107 Å². The van der Waals surface area contributed by atoms with Crippen LogP contribution < -0.4 is 9.80 Å². The molecule has 7 rings (SSSR count). The van der Waals surface area contributed by atoms with Crippen molar-refractivity contribution in [3.63, 3.8) is 0 Å². The van der Waals surface area contributed by atoms with E-state index < -0.39 is 0 Å². The fourth-order valence-electron chi connectivity index (χ4n) is 7.40. The highest BCUT2D eigenvalue weighted by atomic mass is 16.5. The summed E-state index contributed by atoms with van der Waals surface area (Å²) in [5.41, 5.74) is 5.45. The highest BCUT2D eigenvalue weighted by molar-refractivity contribution is 5.60. The van der Waals surface area contributed by atoms with Crippen LogP contribution in [-0.2, 0) is 11.3 Å². The van der Waals surface area contributed by atoms with Crippen molar-refractivity contribution in [1.82, 2.24) is 0 Å².